The minimum absolute atomic E-state index is 0.166. The summed E-state index contributed by atoms with van der Waals surface area (Å²) < 4.78 is 32.9. The van der Waals surface area contributed by atoms with Crippen LogP contribution in [0.2, 0.25) is 0 Å². The van der Waals surface area contributed by atoms with Gasteiger partial charge in [0, 0.05) is 13.1 Å². The maximum Gasteiger partial charge on any atom is 0.243 e. The summed E-state index contributed by atoms with van der Waals surface area (Å²) in [5.41, 5.74) is 0.904. The summed E-state index contributed by atoms with van der Waals surface area (Å²) in [4.78, 5) is 0.300. The van der Waals surface area contributed by atoms with E-state index in [9.17, 15) is 13.5 Å². The van der Waals surface area contributed by atoms with Gasteiger partial charge in [0.25, 0.3) is 0 Å². The number of hydrogen-bond donors (Lipinski definition) is 1. The summed E-state index contributed by atoms with van der Waals surface area (Å²) in [5, 5.41) is 9.26. The Morgan fingerprint density at radius 2 is 2.10 bits per heavy atom. The highest BCUT2D eigenvalue weighted by molar-refractivity contribution is 7.89. The molecule has 118 valence electrons. The maximum absolute atomic E-state index is 12.9. The van der Waals surface area contributed by atoms with Gasteiger partial charge in [-0.2, -0.15) is 4.31 Å². The van der Waals surface area contributed by atoms with Gasteiger partial charge in [-0.3, -0.25) is 0 Å². The molecular formula is C15H23NO4S. The predicted molar refractivity (Wildman–Crippen MR) is 80.5 cm³/mol. The second-order valence-corrected chi connectivity index (χ2v) is 7.81. The van der Waals surface area contributed by atoms with Crippen molar-refractivity contribution in [3.8, 4) is 0 Å². The van der Waals surface area contributed by atoms with Crippen LogP contribution in [0.25, 0.3) is 0 Å². The number of aliphatic hydroxyl groups excluding tert-OH is 1. The van der Waals surface area contributed by atoms with Gasteiger partial charge in [0.05, 0.1) is 23.7 Å². The van der Waals surface area contributed by atoms with Crippen LogP contribution in [0.4, 0.5) is 0 Å². The second-order valence-electron chi connectivity index (χ2n) is 5.90. The van der Waals surface area contributed by atoms with Gasteiger partial charge in [-0.15, -0.1) is 0 Å². The molecule has 5 nitrogen and oxygen atoms in total. The molecule has 0 amide bonds. The largest absolute Gasteiger partial charge is 0.392 e. The van der Waals surface area contributed by atoms with E-state index in [1.165, 1.54) is 4.31 Å². The average molecular weight is 313 g/mol. The quantitative estimate of drug-likeness (QED) is 0.915. The van der Waals surface area contributed by atoms with Crippen molar-refractivity contribution in [3.63, 3.8) is 0 Å². The van der Waals surface area contributed by atoms with E-state index < -0.39 is 15.6 Å². The van der Waals surface area contributed by atoms with Crippen LogP contribution in [-0.2, 0) is 27.8 Å². The van der Waals surface area contributed by atoms with E-state index >= 15 is 0 Å². The summed E-state index contributed by atoms with van der Waals surface area (Å²) in [6.07, 6.45) is 0.633. The molecule has 21 heavy (non-hydrogen) atoms. The number of nitrogens with zero attached hydrogens (tertiary/aromatic N) is 1. The molecular weight excluding hydrogens is 290 g/mol. The number of aryl methyl sites for hydroxylation is 1. The molecule has 0 aliphatic carbocycles. The van der Waals surface area contributed by atoms with Gasteiger partial charge in [-0.05, 0) is 37.5 Å². The van der Waals surface area contributed by atoms with E-state index in [0.29, 0.717) is 36.6 Å². The molecule has 0 spiro atoms. The van der Waals surface area contributed by atoms with Crippen molar-refractivity contribution in [2.24, 2.45) is 0 Å². The summed E-state index contributed by atoms with van der Waals surface area (Å²) in [6, 6.07) is 5.13. The van der Waals surface area contributed by atoms with Crippen LogP contribution in [0.15, 0.2) is 23.1 Å². The molecule has 0 radical (unpaired) electrons. The Balaban J connectivity index is 2.43. The molecule has 1 heterocycles. The van der Waals surface area contributed by atoms with Crippen LogP contribution in [0.5, 0.6) is 0 Å². The number of hydrogen-bond acceptors (Lipinski definition) is 4. The fourth-order valence-corrected chi connectivity index (χ4v) is 4.46. The number of morpholine rings is 1. The zero-order valence-electron chi connectivity index (χ0n) is 12.8. The molecule has 1 aromatic carbocycles. The molecule has 0 bridgehead atoms. The molecule has 1 N–H and O–H groups in total. The third kappa shape index (κ3) is 3.45. The van der Waals surface area contributed by atoms with Crippen molar-refractivity contribution in [2.45, 2.75) is 44.3 Å². The Labute approximate surface area is 126 Å². The van der Waals surface area contributed by atoms with E-state index in [1.807, 2.05) is 20.8 Å². The molecule has 0 unspecified atom stereocenters. The first kappa shape index (κ1) is 16.4. The first-order valence-corrected chi connectivity index (χ1v) is 8.61. The molecule has 1 aliphatic heterocycles. The van der Waals surface area contributed by atoms with Crippen molar-refractivity contribution >= 4 is 10.0 Å². The topological polar surface area (TPSA) is 66.8 Å². The van der Waals surface area contributed by atoms with E-state index in [2.05, 4.69) is 0 Å². The molecule has 0 atom stereocenters. The van der Waals surface area contributed by atoms with Crippen LogP contribution in [0.1, 0.15) is 31.9 Å². The van der Waals surface area contributed by atoms with E-state index in [4.69, 9.17) is 4.74 Å². The Morgan fingerprint density at radius 3 is 2.67 bits per heavy atom. The van der Waals surface area contributed by atoms with E-state index in [0.717, 1.165) is 5.56 Å². The van der Waals surface area contributed by atoms with E-state index in [1.54, 1.807) is 18.2 Å². The lowest BCUT2D eigenvalue weighted by Crippen LogP contribution is -2.50. The van der Waals surface area contributed by atoms with Crippen LogP contribution in [0, 0.1) is 0 Å². The number of sulfonamides is 1. The minimum atomic E-state index is -3.57. The summed E-state index contributed by atoms with van der Waals surface area (Å²) in [7, 11) is -3.57. The third-order valence-electron chi connectivity index (χ3n) is 3.70. The normalized spacial score (nSPS) is 19.6. The number of rotatable bonds is 4. The summed E-state index contributed by atoms with van der Waals surface area (Å²) in [5.74, 6) is 0. The smallest absolute Gasteiger partial charge is 0.243 e. The lowest BCUT2D eigenvalue weighted by Gasteiger charge is -2.37. The van der Waals surface area contributed by atoms with Gasteiger partial charge >= 0.3 is 0 Å². The van der Waals surface area contributed by atoms with Crippen LogP contribution in [0.3, 0.4) is 0 Å². The third-order valence-corrected chi connectivity index (χ3v) is 5.63. The van der Waals surface area contributed by atoms with Crippen molar-refractivity contribution in [3.05, 3.63) is 29.3 Å². The highest BCUT2D eigenvalue weighted by Crippen LogP contribution is 2.27. The molecule has 1 saturated heterocycles. The van der Waals surface area contributed by atoms with Crippen LogP contribution in [-0.4, -0.2) is 43.1 Å². The van der Waals surface area contributed by atoms with Crippen LogP contribution >= 0.6 is 0 Å². The molecule has 1 fully saturated rings. The second kappa shape index (κ2) is 6.04. The van der Waals surface area contributed by atoms with Gasteiger partial charge < -0.3 is 9.84 Å². The standard InChI is InChI=1S/C15H23NO4S/c1-4-13-6-5-12(10-17)9-14(13)21(18,19)16-7-8-20-15(2,3)11-16/h5-6,9,17H,4,7-8,10-11H2,1-3H3. The van der Waals surface area contributed by atoms with Crippen molar-refractivity contribution < 1.29 is 18.3 Å². The van der Waals surface area contributed by atoms with Crippen molar-refractivity contribution in [1.82, 2.24) is 4.31 Å². The average Bonchev–Trinajstić information content (AvgIpc) is 2.45. The Bertz CT molecular complexity index is 610. The highest BCUT2D eigenvalue weighted by atomic mass is 32.2. The predicted octanol–water partition coefficient (Wildman–Crippen LogP) is 1.54. The Hall–Kier alpha value is -0.950. The minimum Gasteiger partial charge on any atom is -0.392 e. The van der Waals surface area contributed by atoms with Gasteiger partial charge in [-0.1, -0.05) is 19.1 Å². The molecule has 2 rings (SSSR count). The van der Waals surface area contributed by atoms with Crippen LogP contribution < -0.4 is 0 Å². The SMILES string of the molecule is CCc1ccc(CO)cc1S(=O)(=O)N1CCOC(C)(C)C1. The van der Waals surface area contributed by atoms with E-state index in [-0.39, 0.29) is 6.61 Å². The first-order valence-electron chi connectivity index (χ1n) is 7.17. The summed E-state index contributed by atoms with van der Waals surface area (Å²) in [6.45, 7) is 6.63. The van der Waals surface area contributed by atoms with Gasteiger partial charge in [0.1, 0.15) is 0 Å². The monoisotopic (exact) mass is 313 g/mol. The molecule has 6 heteroatoms. The fraction of sp³-hybridized carbons (Fsp3) is 0.600. The summed E-state index contributed by atoms with van der Waals surface area (Å²) >= 11 is 0. The lowest BCUT2D eigenvalue weighted by atomic mass is 10.1. The van der Waals surface area contributed by atoms with Crippen molar-refractivity contribution in [1.29, 1.82) is 0 Å². The fourth-order valence-electron chi connectivity index (χ4n) is 2.55. The maximum atomic E-state index is 12.9. The number of aliphatic hydroxyl groups is 1. The van der Waals surface area contributed by atoms with Crippen molar-refractivity contribution in [2.75, 3.05) is 19.7 Å². The molecule has 0 aromatic heterocycles. The van der Waals surface area contributed by atoms with Gasteiger partial charge in [0.15, 0.2) is 0 Å². The molecule has 0 saturated carbocycles. The molecule has 1 aliphatic rings. The first-order chi connectivity index (χ1) is 9.80. The molecule has 1 aromatic rings. The number of ether oxygens (including phenoxy) is 1. The Kier molecular flexibility index (Phi) is 4.72. The lowest BCUT2D eigenvalue weighted by molar-refractivity contribution is -0.0640. The highest BCUT2D eigenvalue weighted by Gasteiger charge is 2.35. The zero-order chi connectivity index (χ0) is 15.7. The van der Waals surface area contributed by atoms with Gasteiger partial charge in [0.2, 0.25) is 10.0 Å². The Morgan fingerprint density at radius 1 is 1.38 bits per heavy atom. The van der Waals surface area contributed by atoms with Gasteiger partial charge in [-0.25, -0.2) is 8.42 Å². The number of benzene rings is 1. The zero-order valence-corrected chi connectivity index (χ0v) is 13.6.